The molecular weight excluding hydrogens is 428 g/mol. The van der Waals surface area contributed by atoms with Crippen molar-refractivity contribution >= 4 is 59.1 Å². The molecular formula is C14H23Cl4N5O3. The zero-order chi connectivity index (χ0) is 18.4. The number of oxime groups is 1. The van der Waals surface area contributed by atoms with E-state index >= 15 is 0 Å². The number of halogens is 4. The topological polar surface area (TPSA) is 141 Å². The average Bonchev–Trinajstić information content (AvgIpc) is 2.43. The highest BCUT2D eigenvalue weighted by molar-refractivity contribution is 6.43. The van der Waals surface area contributed by atoms with Gasteiger partial charge in [-0.3, -0.25) is 10.3 Å². The molecule has 0 aliphatic rings. The minimum atomic E-state index is -0.388. The molecule has 0 spiro atoms. The Balaban J connectivity index is 0. The Morgan fingerprint density at radius 3 is 2.19 bits per heavy atom. The van der Waals surface area contributed by atoms with E-state index in [4.69, 9.17) is 61.3 Å². The van der Waals surface area contributed by atoms with Crippen molar-refractivity contribution in [3.8, 4) is 5.75 Å². The van der Waals surface area contributed by atoms with E-state index in [0.717, 1.165) is 0 Å². The highest BCUT2D eigenvalue weighted by atomic mass is 35.5. The van der Waals surface area contributed by atoms with Crippen LogP contribution in [0.2, 0.25) is 15.1 Å². The van der Waals surface area contributed by atoms with Crippen molar-refractivity contribution in [3.63, 3.8) is 0 Å². The maximum Gasteiger partial charge on any atom is 0.240 e. The van der Waals surface area contributed by atoms with Crippen molar-refractivity contribution in [2.75, 3.05) is 6.61 Å². The van der Waals surface area contributed by atoms with Gasteiger partial charge in [0.1, 0.15) is 11.9 Å². The fraction of sp³-hybridized carbons (Fsp3) is 0.429. The molecule has 0 bridgehead atoms. The quantitative estimate of drug-likeness (QED) is 0.264. The molecule has 0 amide bonds. The number of hydrogen-bond donors (Lipinski definition) is 3. The number of rotatable bonds is 6. The third kappa shape index (κ3) is 7.92. The Morgan fingerprint density at radius 2 is 1.69 bits per heavy atom. The molecule has 0 saturated heterocycles. The second kappa shape index (κ2) is 12.1. The van der Waals surface area contributed by atoms with Crippen LogP contribution in [0, 0.1) is 5.41 Å². The van der Waals surface area contributed by atoms with Crippen molar-refractivity contribution in [1.29, 1.82) is 5.41 Å². The van der Waals surface area contributed by atoms with Crippen molar-refractivity contribution in [2.24, 2.45) is 16.6 Å². The maximum absolute atomic E-state index is 7.47. The predicted octanol–water partition coefficient (Wildman–Crippen LogP) is 2.86. The summed E-state index contributed by atoms with van der Waals surface area (Å²) < 4.78 is 5.63. The zero-order valence-electron chi connectivity index (χ0n) is 14.4. The number of nitrogens with zero attached hydrogens (tertiary/aromatic N) is 2. The van der Waals surface area contributed by atoms with Crippen molar-refractivity contribution < 1.29 is 15.1 Å². The van der Waals surface area contributed by atoms with E-state index in [1.165, 1.54) is 17.0 Å². The molecule has 1 aromatic carbocycles. The molecule has 0 fully saturated rings. The van der Waals surface area contributed by atoms with E-state index < -0.39 is 0 Å². The van der Waals surface area contributed by atoms with Crippen LogP contribution in [0.3, 0.4) is 0 Å². The lowest BCUT2D eigenvalue weighted by Crippen LogP contribution is -2.49. The molecule has 0 aromatic heterocycles. The first-order valence-corrected chi connectivity index (χ1v) is 8.16. The average molecular weight is 451 g/mol. The van der Waals surface area contributed by atoms with Crippen LogP contribution >= 0.6 is 47.2 Å². The summed E-state index contributed by atoms with van der Waals surface area (Å²) in [5.74, 6) is 0.144. The van der Waals surface area contributed by atoms with Gasteiger partial charge in [0, 0.05) is 12.1 Å². The number of hydrogen-bond acceptors (Lipinski definition) is 4. The van der Waals surface area contributed by atoms with Crippen LogP contribution in [0.1, 0.15) is 20.8 Å². The molecule has 0 aliphatic heterocycles. The maximum atomic E-state index is 7.47. The van der Waals surface area contributed by atoms with Gasteiger partial charge in [-0.1, -0.05) is 34.8 Å². The first-order valence-electron chi connectivity index (χ1n) is 7.03. The van der Waals surface area contributed by atoms with Gasteiger partial charge >= 0.3 is 0 Å². The molecule has 8 nitrogen and oxygen atoms in total. The summed E-state index contributed by atoms with van der Waals surface area (Å²) >= 11 is 17.8. The normalized spacial score (nSPS) is 11.9. The fourth-order valence-electron chi connectivity index (χ4n) is 1.76. The molecule has 0 aliphatic carbocycles. The summed E-state index contributed by atoms with van der Waals surface area (Å²) in [5, 5.41) is 12.2. The SMILES string of the molecule is CC(CON=C(N)N(C(=N)N)C(C)C)Oc1cc(Cl)c(Cl)cc1Cl.Cl.O. The van der Waals surface area contributed by atoms with E-state index in [9.17, 15) is 0 Å². The summed E-state index contributed by atoms with van der Waals surface area (Å²) in [7, 11) is 0. The number of nitrogens with one attached hydrogen (secondary N) is 1. The number of benzene rings is 1. The van der Waals surface area contributed by atoms with Crippen LogP contribution in [0.4, 0.5) is 0 Å². The van der Waals surface area contributed by atoms with E-state index in [0.29, 0.717) is 20.8 Å². The van der Waals surface area contributed by atoms with E-state index in [1.807, 2.05) is 13.8 Å². The van der Waals surface area contributed by atoms with Crippen LogP contribution in [-0.4, -0.2) is 41.0 Å². The lowest BCUT2D eigenvalue weighted by molar-refractivity contribution is 0.0610. The van der Waals surface area contributed by atoms with Gasteiger partial charge in [-0.15, -0.1) is 12.4 Å². The smallest absolute Gasteiger partial charge is 0.240 e. The van der Waals surface area contributed by atoms with Crippen LogP contribution in [0.15, 0.2) is 17.3 Å². The first kappa shape index (κ1) is 26.9. The van der Waals surface area contributed by atoms with Crippen molar-refractivity contribution in [1.82, 2.24) is 4.90 Å². The largest absolute Gasteiger partial charge is 0.485 e. The van der Waals surface area contributed by atoms with Crippen molar-refractivity contribution in [3.05, 3.63) is 27.2 Å². The second-order valence-corrected chi connectivity index (χ2v) is 6.44. The zero-order valence-corrected chi connectivity index (χ0v) is 17.5. The number of ether oxygens (including phenoxy) is 1. The molecule has 0 heterocycles. The Bertz CT molecular complexity index is 631. The minimum Gasteiger partial charge on any atom is -0.485 e. The molecule has 1 rings (SSSR count). The molecule has 0 saturated carbocycles. The van der Waals surface area contributed by atoms with Crippen LogP contribution in [0.25, 0.3) is 0 Å². The Morgan fingerprint density at radius 1 is 1.15 bits per heavy atom. The summed E-state index contributed by atoms with van der Waals surface area (Å²) in [6.07, 6.45) is -0.388. The monoisotopic (exact) mass is 449 g/mol. The standard InChI is InChI=1S/C14H20Cl3N5O2.ClH.H2O/c1-7(2)22(13(18)19)14(20)21-23-6-8(3)24-12-5-10(16)9(15)4-11(12)17;;/h4-5,7-8H,6H2,1-3H3,(H3,18,19)(H2,20,21);1H;1H2. The highest BCUT2D eigenvalue weighted by Gasteiger charge is 2.16. The van der Waals surface area contributed by atoms with Crippen LogP contribution in [0.5, 0.6) is 5.75 Å². The van der Waals surface area contributed by atoms with Crippen LogP contribution in [-0.2, 0) is 4.84 Å². The van der Waals surface area contributed by atoms with Gasteiger partial charge in [0.05, 0.1) is 15.1 Å². The summed E-state index contributed by atoms with van der Waals surface area (Å²) in [4.78, 5) is 6.47. The third-order valence-corrected chi connectivity index (χ3v) is 3.81. The van der Waals surface area contributed by atoms with Gasteiger partial charge < -0.3 is 26.5 Å². The third-order valence-electron chi connectivity index (χ3n) is 2.79. The minimum absolute atomic E-state index is 0. The first-order chi connectivity index (χ1) is 11.1. The lowest BCUT2D eigenvalue weighted by atomic mass is 10.3. The van der Waals surface area contributed by atoms with Gasteiger partial charge in [0.2, 0.25) is 5.96 Å². The Hall–Kier alpha value is -1.32. The highest BCUT2D eigenvalue weighted by Crippen LogP contribution is 2.34. The molecule has 7 N–H and O–H groups in total. The van der Waals surface area contributed by atoms with Gasteiger partial charge in [-0.2, -0.15) is 0 Å². The van der Waals surface area contributed by atoms with E-state index in [1.54, 1.807) is 6.92 Å². The van der Waals surface area contributed by atoms with Gasteiger partial charge in [-0.25, -0.2) is 0 Å². The lowest BCUT2D eigenvalue weighted by Gasteiger charge is -2.24. The summed E-state index contributed by atoms with van der Waals surface area (Å²) in [5.41, 5.74) is 11.2. The molecule has 1 aromatic rings. The molecule has 12 heteroatoms. The van der Waals surface area contributed by atoms with Gasteiger partial charge in [-0.05, 0) is 32.0 Å². The number of guanidine groups is 2. The van der Waals surface area contributed by atoms with Gasteiger partial charge in [0.15, 0.2) is 12.6 Å². The molecule has 1 unspecified atom stereocenters. The van der Waals surface area contributed by atoms with Crippen LogP contribution < -0.4 is 16.2 Å². The summed E-state index contributed by atoms with van der Waals surface area (Å²) in [6.45, 7) is 5.50. The Kier molecular flexibility index (Phi) is 12.6. The molecule has 26 heavy (non-hydrogen) atoms. The Labute approximate surface area is 173 Å². The molecule has 150 valence electrons. The predicted molar refractivity (Wildman–Crippen MR) is 109 cm³/mol. The number of nitrogens with two attached hydrogens (primary N) is 2. The summed E-state index contributed by atoms with van der Waals surface area (Å²) in [6, 6.07) is 2.90. The fourth-order valence-corrected chi connectivity index (χ4v) is 2.35. The second-order valence-electron chi connectivity index (χ2n) is 5.22. The molecule has 1 atom stereocenters. The van der Waals surface area contributed by atoms with Gasteiger partial charge in [0.25, 0.3) is 0 Å². The van der Waals surface area contributed by atoms with E-state index in [-0.39, 0.29) is 48.6 Å². The molecule has 0 radical (unpaired) electrons. The van der Waals surface area contributed by atoms with Crippen molar-refractivity contribution in [2.45, 2.75) is 32.9 Å². The van der Waals surface area contributed by atoms with E-state index in [2.05, 4.69) is 5.16 Å².